The molecule has 0 aliphatic carbocycles. The largest absolute Gasteiger partial charge is 0.299 e. The van der Waals surface area contributed by atoms with Crippen molar-refractivity contribution in [1.29, 1.82) is 0 Å². The van der Waals surface area contributed by atoms with Gasteiger partial charge in [0.25, 0.3) is 0 Å². The van der Waals surface area contributed by atoms with Crippen LogP contribution in [0.1, 0.15) is 33.1 Å². The summed E-state index contributed by atoms with van der Waals surface area (Å²) in [4.78, 5) is 11.3. The lowest BCUT2D eigenvalue weighted by molar-refractivity contribution is -0.119. The first kappa shape index (κ1) is 12.2. The Labute approximate surface area is 81.1 Å². The number of nitrogens with one attached hydrogen (secondary N) is 1. The number of hydrogen-bond acceptors (Lipinski definition) is 2. The van der Waals surface area contributed by atoms with E-state index in [1.165, 1.54) is 0 Å². The third kappa shape index (κ3) is 7.55. The van der Waals surface area contributed by atoms with Gasteiger partial charge in [0.1, 0.15) is 5.78 Å². The van der Waals surface area contributed by atoms with Crippen LogP contribution in [-0.4, -0.2) is 18.9 Å². The van der Waals surface area contributed by atoms with E-state index in [2.05, 4.69) is 25.1 Å². The van der Waals surface area contributed by atoms with Crippen LogP contribution in [0.3, 0.4) is 0 Å². The van der Waals surface area contributed by atoms with E-state index in [4.69, 9.17) is 6.42 Å². The summed E-state index contributed by atoms with van der Waals surface area (Å²) in [6.07, 6.45) is 7.98. The van der Waals surface area contributed by atoms with Crippen LogP contribution in [0.25, 0.3) is 0 Å². The highest BCUT2D eigenvalue weighted by molar-refractivity contribution is 5.80. The van der Waals surface area contributed by atoms with Crippen LogP contribution >= 0.6 is 0 Å². The van der Waals surface area contributed by atoms with Gasteiger partial charge in [0, 0.05) is 6.42 Å². The molecule has 1 N–H and O–H groups in total. The molecule has 0 fully saturated rings. The molecule has 0 rings (SSSR count). The Balaban J connectivity index is 3.45. The summed E-state index contributed by atoms with van der Waals surface area (Å²) in [6.45, 7) is 5.15. The normalized spacial score (nSPS) is 12.1. The van der Waals surface area contributed by atoms with Crippen LogP contribution < -0.4 is 5.32 Å². The van der Waals surface area contributed by atoms with E-state index < -0.39 is 0 Å². The standard InChI is InChI=1S/C11H19NO/c1-4-6-10(3)8-11(13)9-12-7-5-2/h2,10,12H,4,6-9H2,1,3H3. The van der Waals surface area contributed by atoms with E-state index >= 15 is 0 Å². The predicted octanol–water partition coefficient (Wildman–Crippen LogP) is 1.60. The van der Waals surface area contributed by atoms with Crippen LogP contribution in [-0.2, 0) is 4.79 Å². The Morgan fingerprint density at radius 2 is 2.31 bits per heavy atom. The molecule has 0 saturated heterocycles. The summed E-state index contributed by atoms with van der Waals surface area (Å²) in [5.41, 5.74) is 0. The van der Waals surface area contributed by atoms with Crippen molar-refractivity contribution >= 4 is 5.78 Å². The number of carbonyl (C=O) groups is 1. The average molecular weight is 181 g/mol. The fourth-order valence-corrected chi connectivity index (χ4v) is 1.33. The molecule has 0 heterocycles. The molecule has 2 heteroatoms. The molecule has 0 amide bonds. The summed E-state index contributed by atoms with van der Waals surface area (Å²) in [5.74, 6) is 3.20. The highest BCUT2D eigenvalue weighted by atomic mass is 16.1. The van der Waals surface area contributed by atoms with Crippen LogP contribution in [0.4, 0.5) is 0 Å². The lowest BCUT2D eigenvalue weighted by atomic mass is 10.00. The molecule has 0 aliphatic rings. The predicted molar refractivity (Wildman–Crippen MR) is 55.4 cm³/mol. The highest BCUT2D eigenvalue weighted by Crippen LogP contribution is 2.09. The highest BCUT2D eigenvalue weighted by Gasteiger charge is 2.07. The molecule has 0 aromatic rings. The molecule has 74 valence electrons. The van der Waals surface area contributed by atoms with Gasteiger partial charge in [0.05, 0.1) is 13.1 Å². The van der Waals surface area contributed by atoms with Gasteiger partial charge < -0.3 is 0 Å². The van der Waals surface area contributed by atoms with Crippen molar-refractivity contribution in [3.8, 4) is 12.3 Å². The number of Topliss-reactive ketones (excluding diaryl/α,β-unsaturated/α-hetero) is 1. The smallest absolute Gasteiger partial charge is 0.146 e. The molecule has 1 atom stereocenters. The zero-order valence-corrected chi connectivity index (χ0v) is 8.60. The van der Waals surface area contributed by atoms with E-state index in [0.717, 1.165) is 12.8 Å². The number of hydrogen-bond donors (Lipinski definition) is 1. The monoisotopic (exact) mass is 181 g/mol. The van der Waals surface area contributed by atoms with Crippen molar-refractivity contribution in [2.45, 2.75) is 33.1 Å². The quantitative estimate of drug-likeness (QED) is 0.477. The third-order valence-electron chi connectivity index (χ3n) is 1.91. The molecular weight excluding hydrogens is 162 g/mol. The Bertz CT molecular complexity index is 181. The molecular formula is C11H19NO. The topological polar surface area (TPSA) is 29.1 Å². The van der Waals surface area contributed by atoms with Crippen molar-refractivity contribution < 1.29 is 4.79 Å². The second-order valence-electron chi connectivity index (χ2n) is 3.44. The van der Waals surface area contributed by atoms with Crippen LogP contribution in [0, 0.1) is 18.3 Å². The third-order valence-corrected chi connectivity index (χ3v) is 1.91. The van der Waals surface area contributed by atoms with Gasteiger partial charge in [0.15, 0.2) is 0 Å². The molecule has 0 spiro atoms. The van der Waals surface area contributed by atoms with E-state index in [0.29, 0.717) is 25.4 Å². The average Bonchev–Trinajstić information content (AvgIpc) is 2.05. The minimum absolute atomic E-state index is 0.260. The Hall–Kier alpha value is -0.810. The first-order chi connectivity index (χ1) is 6.20. The molecule has 0 aliphatic heterocycles. The summed E-state index contributed by atoms with van der Waals surface area (Å²) < 4.78 is 0. The minimum Gasteiger partial charge on any atom is -0.299 e. The molecule has 1 unspecified atom stereocenters. The number of carbonyl (C=O) groups excluding carboxylic acids is 1. The number of rotatable bonds is 7. The molecule has 0 aromatic carbocycles. The maximum Gasteiger partial charge on any atom is 0.146 e. The van der Waals surface area contributed by atoms with E-state index in [9.17, 15) is 4.79 Å². The molecule has 0 radical (unpaired) electrons. The van der Waals surface area contributed by atoms with Crippen molar-refractivity contribution in [2.75, 3.05) is 13.1 Å². The Morgan fingerprint density at radius 3 is 2.85 bits per heavy atom. The summed E-state index contributed by atoms with van der Waals surface area (Å²) >= 11 is 0. The maximum atomic E-state index is 11.3. The van der Waals surface area contributed by atoms with Crippen molar-refractivity contribution in [2.24, 2.45) is 5.92 Å². The van der Waals surface area contributed by atoms with Crippen molar-refractivity contribution in [3.63, 3.8) is 0 Å². The zero-order chi connectivity index (χ0) is 10.1. The molecule has 13 heavy (non-hydrogen) atoms. The van der Waals surface area contributed by atoms with Gasteiger partial charge in [-0.3, -0.25) is 10.1 Å². The lowest BCUT2D eigenvalue weighted by Crippen LogP contribution is -2.24. The first-order valence-corrected chi connectivity index (χ1v) is 4.86. The van der Waals surface area contributed by atoms with E-state index in [-0.39, 0.29) is 5.78 Å². The van der Waals surface area contributed by atoms with Crippen molar-refractivity contribution in [1.82, 2.24) is 5.32 Å². The number of ketones is 1. The van der Waals surface area contributed by atoms with Gasteiger partial charge in [-0.2, -0.15) is 0 Å². The summed E-state index contributed by atoms with van der Waals surface area (Å²) in [6, 6.07) is 0. The van der Waals surface area contributed by atoms with Gasteiger partial charge in [-0.15, -0.1) is 6.42 Å². The summed E-state index contributed by atoms with van der Waals surface area (Å²) in [5, 5.41) is 2.90. The molecule has 0 bridgehead atoms. The molecule has 0 aromatic heterocycles. The van der Waals surface area contributed by atoms with Gasteiger partial charge >= 0.3 is 0 Å². The van der Waals surface area contributed by atoms with Gasteiger partial charge in [-0.1, -0.05) is 32.6 Å². The summed E-state index contributed by atoms with van der Waals surface area (Å²) in [7, 11) is 0. The van der Waals surface area contributed by atoms with E-state index in [1.807, 2.05) is 0 Å². The SMILES string of the molecule is C#CCNCC(=O)CC(C)CCC. The minimum atomic E-state index is 0.260. The van der Waals surface area contributed by atoms with Crippen LogP contribution in [0.2, 0.25) is 0 Å². The first-order valence-electron chi connectivity index (χ1n) is 4.86. The molecule has 0 saturated carbocycles. The van der Waals surface area contributed by atoms with Gasteiger partial charge in [0.2, 0.25) is 0 Å². The zero-order valence-electron chi connectivity index (χ0n) is 8.60. The van der Waals surface area contributed by atoms with Crippen LogP contribution in [0.5, 0.6) is 0 Å². The van der Waals surface area contributed by atoms with Gasteiger partial charge in [-0.05, 0) is 5.92 Å². The fraction of sp³-hybridized carbons (Fsp3) is 0.727. The van der Waals surface area contributed by atoms with Crippen molar-refractivity contribution in [3.05, 3.63) is 0 Å². The second kappa shape index (κ2) is 7.82. The van der Waals surface area contributed by atoms with Gasteiger partial charge in [-0.25, -0.2) is 0 Å². The Kier molecular flexibility index (Phi) is 7.33. The maximum absolute atomic E-state index is 11.3. The Morgan fingerprint density at radius 1 is 1.62 bits per heavy atom. The van der Waals surface area contributed by atoms with E-state index in [1.54, 1.807) is 0 Å². The number of terminal acetylenes is 1. The lowest BCUT2D eigenvalue weighted by Gasteiger charge is -2.08. The molecule has 2 nitrogen and oxygen atoms in total. The second-order valence-corrected chi connectivity index (χ2v) is 3.44. The van der Waals surface area contributed by atoms with Crippen LogP contribution in [0.15, 0.2) is 0 Å². The fourth-order valence-electron chi connectivity index (χ4n) is 1.33.